The highest BCUT2D eigenvalue weighted by Crippen LogP contribution is 2.33. The smallest absolute Gasteiger partial charge is 0.416 e. The number of hydrogen-bond donors (Lipinski definition) is 1. The van der Waals surface area contributed by atoms with Gasteiger partial charge in [0.1, 0.15) is 11.3 Å². The van der Waals surface area contributed by atoms with E-state index in [0.29, 0.717) is 38.2 Å². The Bertz CT molecular complexity index is 1800. The number of amides is 1. The van der Waals surface area contributed by atoms with E-state index in [1.807, 2.05) is 30.4 Å². The Balaban J connectivity index is 2.33. The fourth-order valence-corrected chi connectivity index (χ4v) is 5.45. The number of carbonyl (C=O) groups is 3. The number of alkyl halides is 3. The lowest BCUT2D eigenvalue weighted by Crippen LogP contribution is -2.25. The molecule has 6 nitrogen and oxygen atoms in total. The zero-order chi connectivity index (χ0) is 46.6. The zero-order valence-electron chi connectivity index (χ0n) is 38.2. The summed E-state index contributed by atoms with van der Waals surface area (Å²) < 4.78 is 50.9. The fraction of sp³-hybridized carbons (Fsp3) is 0.400. The quantitative estimate of drug-likeness (QED) is 0.0323. The summed E-state index contributed by atoms with van der Waals surface area (Å²) in [4.78, 5) is 37.6. The summed E-state index contributed by atoms with van der Waals surface area (Å²) in [5, 5.41) is 2.77. The summed E-state index contributed by atoms with van der Waals surface area (Å²) in [6.45, 7) is 4.41. The van der Waals surface area contributed by atoms with Gasteiger partial charge in [0, 0.05) is 19.4 Å². The molecule has 1 aromatic rings. The van der Waals surface area contributed by atoms with Crippen molar-refractivity contribution < 1.29 is 37.0 Å². The number of ether oxygens (including phenoxy) is 2. The maximum atomic E-state index is 13.5. The Kier molecular flexibility index (Phi) is 35.3. The average molecular weight is 884 g/mol. The van der Waals surface area contributed by atoms with Crippen molar-refractivity contribution in [1.29, 1.82) is 0 Å². The molecule has 348 valence electrons. The van der Waals surface area contributed by atoms with Gasteiger partial charge in [-0.05, 0) is 115 Å². The van der Waals surface area contributed by atoms with Gasteiger partial charge in [-0.25, -0.2) is 4.79 Å². The lowest BCUT2D eigenvalue weighted by Gasteiger charge is -2.13. The lowest BCUT2D eigenvalue weighted by molar-refractivity contribution is -0.139. The number of esters is 2. The molecule has 0 aliphatic rings. The number of rotatable bonds is 34. The molecule has 1 rings (SSSR count). The maximum Gasteiger partial charge on any atom is 0.416 e. The molecule has 1 aromatic carbocycles. The van der Waals surface area contributed by atoms with E-state index in [1.165, 1.54) is 0 Å². The largest absolute Gasteiger partial charge is 0.462 e. The van der Waals surface area contributed by atoms with E-state index < -0.39 is 29.4 Å². The third-order valence-electron chi connectivity index (χ3n) is 8.88. The molecule has 0 unspecified atom stereocenters. The van der Waals surface area contributed by atoms with Crippen LogP contribution in [0.25, 0.3) is 0 Å². The highest BCUT2D eigenvalue weighted by molar-refractivity contribution is 5.93. The summed E-state index contributed by atoms with van der Waals surface area (Å²) in [5.74, 6) is -2.38. The first-order chi connectivity index (χ1) is 31.2. The highest BCUT2D eigenvalue weighted by atomic mass is 19.4. The first-order valence-corrected chi connectivity index (χ1v) is 22.8. The first kappa shape index (κ1) is 56.3. The SMILES string of the molecule is CC/C=C\C/C=C\C/C=C\C/C=C\C/C=C\C/C=C\CCC(=O)NCCCOC(=O)c1ccc(C(F)(F)F)cc1OC(=O)CC/C=C\C/C=C\C/C=C\C/C=C\C/C=C\C/C=C\CC. The van der Waals surface area contributed by atoms with E-state index in [1.54, 1.807) is 6.08 Å². The minimum Gasteiger partial charge on any atom is -0.462 e. The summed E-state index contributed by atoms with van der Waals surface area (Å²) in [5.41, 5.74) is -1.36. The third kappa shape index (κ3) is 33.9. The maximum absolute atomic E-state index is 13.5. The first-order valence-electron chi connectivity index (χ1n) is 22.8. The normalized spacial score (nSPS) is 13.1. The molecular formula is C55H72F3NO5. The number of carbonyl (C=O) groups excluding carboxylic acids is 3. The second-order valence-electron chi connectivity index (χ2n) is 14.4. The number of halogens is 3. The molecule has 0 atom stereocenters. The molecular weight excluding hydrogens is 812 g/mol. The fourth-order valence-electron chi connectivity index (χ4n) is 5.45. The van der Waals surface area contributed by atoms with Gasteiger partial charge in [0.2, 0.25) is 5.91 Å². The number of hydrogen-bond acceptors (Lipinski definition) is 5. The van der Waals surface area contributed by atoms with E-state index in [0.717, 1.165) is 82.8 Å². The van der Waals surface area contributed by atoms with Crippen LogP contribution < -0.4 is 10.1 Å². The summed E-state index contributed by atoms with van der Waals surface area (Å²) in [7, 11) is 0. The van der Waals surface area contributed by atoms with Crippen molar-refractivity contribution in [2.75, 3.05) is 13.2 Å². The van der Waals surface area contributed by atoms with Crippen molar-refractivity contribution in [3.05, 3.63) is 175 Å². The zero-order valence-corrected chi connectivity index (χ0v) is 38.2. The van der Waals surface area contributed by atoms with Crippen molar-refractivity contribution in [2.24, 2.45) is 0 Å². The van der Waals surface area contributed by atoms with Gasteiger partial charge in [0.15, 0.2) is 0 Å². The second-order valence-corrected chi connectivity index (χ2v) is 14.4. The highest BCUT2D eigenvalue weighted by Gasteiger charge is 2.32. The molecule has 0 aliphatic carbocycles. The number of allylic oxidation sites excluding steroid dienone is 24. The summed E-state index contributed by atoms with van der Waals surface area (Å²) in [6, 6.07) is 2.31. The van der Waals surface area contributed by atoms with Crippen LogP contribution in [0.2, 0.25) is 0 Å². The molecule has 0 radical (unpaired) electrons. The van der Waals surface area contributed by atoms with Crippen LogP contribution in [0.5, 0.6) is 5.75 Å². The van der Waals surface area contributed by atoms with Crippen LogP contribution in [0.15, 0.2) is 164 Å². The minimum absolute atomic E-state index is 0.0906. The predicted molar refractivity (Wildman–Crippen MR) is 260 cm³/mol. The van der Waals surface area contributed by atoms with Crippen LogP contribution in [-0.2, 0) is 20.5 Å². The molecule has 0 spiro atoms. The van der Waals surface area contributed by atoms with E-state index in [2.05, 4.69) is 129 Å². The van der Waals surface area contributed by atoms with E-state index in [9.17, 15) is 27.6 Å². The summed E-state index contributed by atoms with van der Waals surface area (Å²) >= 11 is 0. The molecule has 9 heteroatoms. The third-order valence-corrected chi connectivity index (χ3v) is 8.88. The van der Waals surface area contributed by atoms with Crippen LogP contribution in [0, 0.1) is 0 Å². The van der Waals surface area contributed by atoms with Gasteiger partial charge in [0.05, 0.1) is 12.2 Å². The van der Waals surface area contributed by atoms with Gasteiger partial charge in [0.25, 0.3) is 0 Å². The average Bonchev–Trinajstić information content (AvgIpc) is 3.27. The number of benzene rings is 1. The Labute approximate surface area is 382 Å². The molecule has 0 heterocycles. The Morgan fingerprint density at radius 2 is 0.906 bits per heavy atom. The molecule has 0 aliphatic heterocycles. The number of nitrogens with one attached hydrogen (secondary N) is 1. The Morgan fingerprint density at radius 3 is 1.30 bits per heavy atom. The van der Waals surface area contributed by atoms with Gasteiger partial charge in [-0.2, -0.15) is 13.2 Å². The Morgan fingerprint density at radius 1 is 0.531 bits per heavy atom. The van der Waals surface area contributed by atoms with E-state index in [4.69, 9.17) is 9.47 Å². The van der Waals surface area contributed by atoms with Crippen LogP contribution in [-0.4, -0.2) is 31.0 Å². The molecule has 0 bridgehead atoms. The standard InChI is InChI=1S/C55H72F3NO5/c1-3-5-7-9-11-13-15-17-19-21-23-25-27-29-31-33-35-37-39-42-52(60)59-46-41-47-63-54(62)50-45-44-49(55(56,57)58)48-51(50)64-53(61)43-40-38-36-34-32-30-28-26-24-22-20-18-16-14-12-10-8-6-4-2/h5-8,11-14,17-20,23-26,29-32,35-38,44-45,48H,3-4,9-10,15-16,21-22,27-28,33-34,39-43,46-47H2,1-2H3,(H,59,60)/b7-5-,8-6-,13-11-,14-12-,19-17-,20-18-,25-23-,26-24-,31-29-,32-30-,37-35-,38-36-. The second kappa shape index (κ2) is 40.1. The molecule has 0 fully saturated rings. The molecule has 1 N–H and O–H groups in total. The van der Waals surface area contributed by atoms with Crippen molar-refractivity contribution in [3.63, 3.8) is 0 Å². The van der Waals surface area contributed by atoms with Crippen molar-refractivity contribution >= 4 is 17.8 Å². The molecule has 64 heavy (non-hydrogen) atoms. The van der Waals surface area contributed by atoms with Gasteiger partial charge in [-0.1, -0.05) is 160 Å². The monoisotopic (exact) mass is 884 g/mol. The minimum atomic E-state index is -4.71. The molecule has 0 aromatic heterocycles. The van der Waals surface area contributed by atoms with E-state index in [-0.39, 0.29) is 31.0 Å². The lowest BCUT2D eigenvalue weighted by atomic mass is 10.1. The van der Waals surface area contributed by atoms with Crippen LogP contribution >= 0.6 is 0 Å². The van der Waals surface area contributed by atoms with Crippen LogP contribution in [0.1, 0.15) is 139 Å². The topological polar surface area (TPSA) is 81.7 Å². The molecule has 1 amide bonds. The van der Waals surface area contributed by atoms with Gasteiger partial charge < -0.3 is 14.8 Å². The van der Waals surface area contributed by atoms with Crippen molar-refractivity contribution in [3.8, 4) is 5.75 Å². The summed E-state index contributed by atoms with van der Waals surface area (Å²) in [6.07, 6.45) is 58.0. The molecule has 0 saturated heterocycles. The predicted octanol–water partition coefficient (Wildman–Crippen LogP) is 15.2. The van der Waals surface area contributed by atoms with Gasteiger partial charge >= 0.3 is 18.1 Å². The van der Waals surface area contributed by atoms with Gasteiger partial charge in [-0.15, -0.1) is 0 Å². The Hall–Kier alpha value is -5.70. The van der Waals surface area contributed by atoms with Crippen molar-refractivity contribution in [1.82, 2.24) is 5.32 Å². The van der Waals surface area contributed by atoms with Crippen LogP contribution in [0.3, 0.4) is 0 Å². The van der Waals surface area contributed by atoms with Crippen LogP contribution in [0.4, 0.5) is 13.2 Å². The van der Waals surface area contributed by atoms with Gasteiger partial charge in [-0.3, -0.25) is 9.59 Å². The van der Waals surface area contributed by atoms with Crippen molar-refractivity contribution in [2.45, 2.75) is 129 Å². The molecule has 0 saturated carbocycles. The van der Waals surface area contributed by atoms with E-state index >= 15 is 0 Å².